The lowest BCUT2D eigenvalue weighted by Gasteiger charge is -2.60. The number of ether oxygens (including phenoxy) is 1. The molecule has 0 radical (unpaired) electrons. The van der Waals surface area contributed by atoms with Gasteiger partial charge in [-0.25, -0.2) is 13.4 Å². The molecule has 0 amide bonds. The van der Waals surface area contributed by atoms with Gasteiger partial charge in [0.25, 0.3) is 0 Å². The number of nitrogens with one attached hydrogen (secondary N) is 1. The molecule has 0 spiro atoms. The second-order valence-electron chi connectivity index (χ2n) is 13.8. The summed E-state index contributed by atoms with van der Waals surface area (Å²) in [6, 6.07) is 0.946. The summed E-state index contributed by atoms with van der Waals surface area (Å²) in [5.74, 6) is 4.81. The van der Waals surface area contributed by atoms with Crippen LogP contribution in [0.15, 0.2) is 0 Å². The Bertz CT molecular complexity index is 877. The number of methoxy groups -OCH3 is 1. The van der Waals surface area contributed by atoms with Crippen LogP contribution < -0.4 is 5.43 Å². The molecule has 7 atom stereocenters. The molecule has 0 aromatic rings. The number of rotatable bonds is 7. The quantitative estimate of drug-likeness (QED) is 0.500. The van der Waals surface area contributed by atoms with E-state index in [1.807, 2.05) is 16.4 Å². The number of fused-ring (bicyclic) bond motifs is 1. The second-order valence-corrected chi connectivity index (χ2v) is 15.9. The maximum atomic E-state index is 14.0. The van der Waals surface area contributed by atoms with E-state index in [1.165, 1.54) is 44.9 Å². The van der Waals surface area contributed by atoms with Gasteiger partial charge in [-0.05, 0) is 107 Å². The van der Waals surface area contributed by atoms with Gasteiger partial charge in [-0.3, -0.25) is 10.3 Å². The summed E-state index contributed by atoms with van der Waals surface area (Å²) in [6.07, 6.45) is 12.3. The third-order valence-electron chi connectivity index (χ3n) is 11.5. The lowest BCUT2D eigenvalue weighted by molar-refractivity contribution is -0.128. The molecule has 3 saturated heterocycles. The van der Waals surface area contributed by atoms with Crippen LogP contribution in [0.25, 0.3) is 0 Å². The monoisotopic (exact) mass is 552 g/mol. The van der Waals surface area contributed by atoms with Gasteiger partial charge in [0.15, 0.2) is 0 Å². The van der Waals surface area contributed by atoms with E-state index in [2.05, 4.69) is 38.0 Å². The van der Waals surface area contributed by atoms with Crippen molar-refractivity contribution < 1.29 is 13.2 Å². The molecule has 5 rings (SSSR count). The summed E-state index contributed by atoms with van der Waals surface area (Å²) in [4.78, 5) is 2.62. The van der Waals surface area contributed by atoms with Crippen molar-refractivity contribution in [3.63, 3.8) is 0 Å². The number of hydrogen-bond donors (Lipinski definition) is 1. The van der Waals surface area contributed by atoms with E-state index in [9.17, 15) is 8.42 Å². The first-order valence-corrected chi connectivity index (χ1v) is 17.5. The number of nitrogens with zero attached hydrogens (tertiary/aromatic N) is 3. The van der Waals surface area contributed by atoms with Gasteiger partial charge < -0.3 is 4.74 Å². The van der Waals surface area contributed by atoms with Gasteiger partial charge in [-0.1, -0.05) is 26.7 Å². The molecule has 5 aliphatic rings. The van der Waals surface area contributed by atoms with Crippen LogP contribution in [0.3, 0.4) is 0 Å². The van der Waals surface area contributed by atoms with Crippen LogP contribution in [0, 0.1) is 35.5 Å². The first-order valence-electron chi connectivity index (χ1n) is 16.0. The van der Waals surface area contributed by atoms with Gasteiger partial charge in [-0.2, -0.15) is 4.31 Å². The molecule has 5 fully saturated rings. The van der Waals surface area contributed by atoms with Gasteiger partial charge in [0.2, 0.25) is 10.0 Å². The zero-order valence-corrected chi connectivity index (χ0v) is 25.7. The Hall–Kier alpha value is -0.250. The van der Waals surface area contributed by atoms with Crippen molar-refractivity contribution in [2.24, 2.45) is 35.5 Å². The molecule has 8 heteroatoms. The van der Waals surface area contributed by atoms with E-state index in [-0.39, 0.29) is 6.04 Å². The standard InChI is InChI=1S/C30H56N4O3S/c1-21(2)34-29(15-16-31-34)38(35,36)32-17-6-7-18-33-27(19-32)30(28(33)20-37-5)25-13-11-24(12-14-25)26-10-8-9-22(3)23(26)4/h21-31H,6-20H2,1-5H3/t22?,23?,24?,25?,26?,27?,28-,29?,30+/m1/s1. The lowest BCUT2D eigenvalue weighted by atomic mass is 9.60. The minimum absolute atomic E-state index is 0.163. The molecular weight excluding hydrogens is 496 g/mol. The van der Waals surface area contributed by atoms with Gasteiger partial charge in [-0.15, -0.1) is 0 Å². The molecule has 0 aromatic carbocycles. The second kappa shape index (κ2) is 12.3. The molecule has 3 heterocycles. The summed E-state index contributed by atoms with van der Waals surface area (Å²) in [6.45, 7) is 13.1. The van der Waals surface area contributed by atoms with E-state index in [0.717, 1.165) is 56.2 Å². The predicted molar refractivity (Wildman–Crippen MR) is 154 cm³/mol. The average molecular weight is 553 g/mol. The number of hydrazine groups is 1. The molecule has 38 heavy (non-hydrogen) atoms. The minimum atomic E-state index is -3.40. The summed E-state index contributed by atoms with van der Waals surface area (Å²) < 4.78 is 35.7. The van der Waals surface area contributed by atoms with Crippen LogP contribution in [0.4, 0.5) is 0 Å². The maximum absolute atomic E-state index is 14.0. The molecule has 3 aliphatic heterocycles. The van der Waals surface area contributed by atoms with Crippen LogP contribution in [0.5, 0.6) is 0 Å². The fourth-order valence-electron chi connectivity index (χ4n) is 9.30. The summed E-state index contributed by atoms with van der Waals surface area (Å²) >= 11 is 0. The van der Waals surface area contributed by atoms with Gasteiger partial charge in [0, 0.05) is 44.9 Å². The topological polar surface area (TPSA) is 65.1 Å². The molecule has 0 bridgehead atoms. The normalized spacial score (nSPS) is 42.4. The Labute approximate surface area is 233 Å². The predicted octanol–water partition coefficient (Wildman–Crippen LogP) is 4.55. The van der Waals surface area contributed by atoms with Gasteiger partial charge in [0.1, 0.15) is 5.37 Å². The Morgan fingerprint density at radius 3 is 2.34 bits per heavy atom. The van der Waals surface area contributed by atoms with Crippen LogP contribution >= 0.6 is 0 Å². The van der Waals surface area contributed by atoms with Crippen LogP contribution in [0.2, 0.25) is 0 Å². The van der Waals surface area contributed by atoms with Crippen molar-refractivity contribution in [2.75, 3.05) is 39.9 Å². The van der Waals surface area contributed by atoms with E-state index in [4.69, 9.17) is 4.74 Å². The smallest absolute Gasteiger partial charge is 0.231 e. The van der Waals surface area contributed by atoms with E-state index in [0.29, 0.717) is 43.4 Å². The third kappa shape index (κ3) is 5.61. The average Bonchev–Trinajstić information content (AvgIpc) is 3.39. The largest absolute Gasteiger partial charge is 0.383 e. The molecule has 5 unspecified atom stereocenters. The van der Waals surface area contributed by atoms with Crippen LogP contribution in [0.1, 0.15) is 91.9 Å². The highest BCUT2D eigenvalue weighted by atomic mass is 32.2. The molecule has 0 aromatic heterocycles. The highest BCUT2D eigenvalue weighted by Crippen LogP contribution is 2.50. The highest BCUT2D eigenvalue weighted by molar-refractivity contribution is 7.89. The fraction of sp³-hybridized carbons (Fsp3) is 1.00. The van der Waals surface area contributed by atoms with Crippen molar-refractivity contribution in [3.8, 4) is 0 Å². The first-order chi connectivity index (χ1) is 18.2. The molecule has 7 nitrogen and oxygen atoms in total. The molecule has 2 aliphatic carbocycles. The zero-order valence-electron chi connectivity index (χ0n) is 24.9. The van der Waals surface area contributed by atoms with E-state index >= 15 is 0 Å². The summed E-state index contributed by atoms with van der Waals surface area (Å²) in [5, 5.41) is 1.53. The maximum Gasteiger partial charge on any atom is 0.231 e. The third-order valence-corrected chi connectivity index (χ3v) is 13.7. The van der Waals surface area contributed by atoms with Crippen molar-refractivity contribution in [2.45, 2.75) is 115 Å². The number of hydrogen-bond acceptors (Lipinski definition) is 6. The van der Waals surface area contributed by atoms with Crippen LogP contribution in [-0.2, 0) is 14.8 Å². The Balaban J connectivity index is 1.29. The molecule has 220 valence electrons. The molecule has 2 saturated carbocycles. The summed E-state index contributed by atoms with van der Waals surface area (Å²) in [5.41, 5.74) is 3.33. The minimum Gasteiger partial charge on any atom is -0.383 e. The molecule has 1 N–H and O–H groups in total. The first kappa shape index (κ1) is 29.2. The zero-order chi connectivity index (χ0) is 27.0. The highest BCUT2D eigenvalue weighted by Gasteiger charge is 2.54. The SMILES string of the molecule is COC[C@@H]1[C@@H](C2CCC(C3CCCC(C)C3C)CC2)C2CN(S(=O)(=O)C3CCNN3C(C)C)CCCCN21. The molecular formula is C30H56N4O3S. The summed E-state index contributed by atoms with van der Waals surface area (Å²) in [7, 11) is -1.56. The van der Waals surface area contributed by atoms with Crippen molar-refractivity contribution >= 4 is 10.0 Å². The van der Waals surface area contributed by atoms with E-state index in [1.54, 1.807) is 0 Å². The van der Waals surface area contributed by atoms with Crippen molar-refractivity contribution in [3.05, 3.63) is 0 Å². The van der Waals surface area contributed by atoms with Gasteiger partial charge in [0.05, 0.1) is 6.61 Å². The Morgan fingerprint density at radius 2 is 1.63 bits per heavy atom. The van der Waals surface area contributed by atoms with Crippen molar-refractivity contribution in [1.29, 1.82) is 0 Å². The van der Waals surface area contributed by atoms with Gasteiger partial charge >= 0.3 is 0 Å². The lowest BCUT2D eigenvalue weighted by Crippen LogP contribution is -2.71. The van der Waals surface area contributed by atoms with E-state index < -0.39 is 15.4 Å². The Kier molecular flexibility index (Phi) is 9.48. The Morgan fingerprint density at radius 1 is 0.921 bits per heavy atom. The van der Waals surface area contributed by atoms with Crippen molar-refractivity contribution in [1.82, 2.24) is 19.6 Å². The fourth-order valence-corrected chi connectivity index (χ4v) is 11.4. The number of sulfonamides is 1. The van der Waals surface area contributed by atoms with Crippen LogP contribution in [-0.4, -0.2) is 86.0 Å².